The van der Waals surface area contributed by atoms with Crippen LogP contribution in [0, 0.1) is 20.8 Å². The first-order valence-corrected chi connectivity index (χ1v) is 7.57. The molecule has 2 heterocycles. The fraction of sp³-hybridized carbons (Fsp3) is 0.222. The molecule has 0 unspecified atom stereocenters. The van der Waals surface area contributed by atoms with Gasteiger partial charge in [-0.3, -0.25) is 20.4 Å². The molecule has 2 aromatic heterocycles. The van der Waals surface area contributed by atoms with E-state index < -0.39 is 5.91 Å². The van der Waals surface area contributed by atoms with E-state index in [0.29, 0.717) is 11.3 Å². The Kier molecular flexibility index (Phi) is 4.12. The summed E-state index contributed by atoms with van der Waals surface area (Å²) in [6.07, 6.45) is 3.12. The molecule has 0 saturated carbocycles. The summed E-state index contributed by atoms with van der Waals surface area (Å²) in [5.41, 5.74) is 8.93. The van der Waals surface area contributed by atoms with Gasteiger partial charge in [0.2, 0.25) is 5.91 Å². The Bertz CT molecular complexity index is 920. The fourth-order valence-corrected chi connectivity index (χ4v) is 2.56. The van der Waals surface area contributed by atoms with E-state index in [1.807, 2.05) is 26.0 Å². The number of carbonyl (C=O) groups excluding carboxylic acids is 2. The van der Waals surface area contributed by atoms with Crippen molar-refractivity contribution in [2.45, 2.75) is 27.2 Å². The second-order valence-electron chi connectivity index (χ2n) is 5.71. The summed E-state index contributed by atoms with van der Waals surface area (Å²) in [6.45, 7) is 5.67. The van der Waals surface area contributed by atoms with Crippen molar-refractivity contribution >= 4 is 22.8 Å². The smallest absolute Gasteiger partial charge is 0.273 e. The molecule has 3 aromatic rings. The van der Waals surface area contributed by atoms with Crippen LogP contribution in [0.15, 0.2) is 39.6 Å². The van der Waals surface area contributed by atoms with E-state index >= 15 is 0 Å². The summed E-state index contributed by atoms with van der Waals surface area (Å²) in [5, 5.41) is 0.908. The maximum absolute atomic E-state index is 12.1. The fourth-order valence-electron chi connectivity index (χ4n) is 2.56. The number of aryl methyl sites for hydroxylation is 3. The van der Waals surface area contributed by atoms with Gasteiger partial charge in [0.1, 0.15) is 11.3 Å². The zero-order chi connectivity index (χ0) is 17.3. The number of hydrogen-bond acceptors (Lipinski definition) is 4. The Morgan fingerprint density at radius 1 is 1.04 bits per heavy atom. The third-order valence-electron chi connectivity index (χ3n) is 4.11. The minimum Gasteiger partial charge on any atom is -0.469 e. The molecule has 0 aliphatic rings. The molecule has 0 spiro atoms. The average Bonchev–Trinajstić information content (AvgIpc) is 3.15. The monoisotopic (exact) mass is 326 g/mol. The number of fused-ring (bicyclic) bond motifs is 1. The van der Waals surface area contributed by atoms with Gasteiger partial charge < -0.3 is 8.83 Å². The number of benzene rings is 1. The molecule has 2 N–H and O–H groups in total. The molecular weight excluding hydrogens is 308 g/mol. The summed E-state index contributed by atoms with van der Waals surface area (Å²) in [7, 11) is 0. The van der Waals surface area contributed by atoms with Gasteiger partial charge in [0, 0.05) is 10.9 Å². The molecule has 6 nitrogen and oxygen atoms in total. The van der Waals surface area contributed by atoms with Gasteiger partial charge in [-0.15, -0.1) is 0 Å². The van der Waals surface area contributed by atoms with E-state index in [1.165, 1.54) is 6.26 Å². The summed E-state index contributed by atoms with van der Waals surface area (Å²) in [5.74, 6) is -0.253. The number of nitrogens with one attached hydrogen (secondary N) is 2. The lowest BCUT2D eigenvalue weighted by Crippen LogP contribution is -2.42. The van der Waals surface area contributed by atoms with E-state index in [0.717, 1.165) is 27.7 Å². The Morgan fingerprint density at radius 3 is 2.54 bits per heavy atom. The number of hydrazine groups is 1. The van der Waals surface area contributed by atoms with E-state index in [4.69, 9.17) is 8.83 Å². The van der Waals surface area contributed by atoms with Crippen molar-refractivity contribution in [1.29, 1.82) is 0 Å². The van der Waals surface area contributed by atoms with Crippen molar-refractivity contribution in [2.24, 2.45) is 0 Å². The van der Waals surface area contributed by atoms with Crippen LogP contribution >= 0.6 is 0 Å². The van der Waals surface area contributed by atoms with E-state index in [1.54, 1.807) is 19.3 Å². The van der Waals surface area contributed by atoms with Gasteiger partial charge in [-0.2, -0.15) is 0 Å². The molecular formula is C18H18N2O4. The molecule has 0 radical (unpaired) electrons. The third kappa shape index (κ3) is 2.90. The predicted molar refractivity (Wildman–Crippen MR) is 88.4 cm³/mol. The second-order valence-corrected chi connectivity index (χ2v) is 5.71. The maximum Gasteiger partial charge on any atom is 0.273 e. The highest BCUT2D eigenvalue weighted by Gasteiger charge is 2.15. The van der Waals surface area contributed by atoms with Crippen molar-refractivity contribution in [3.8, 4) is 0 Å². The van der Waals surface area contributed by atoms with Crippen molar-refractivity contribution in [3.63, 3.8) is 0 Å². The molecule has 1 aromatic carbocycles. The van der Waals surface area contributed by atoms with Crippen LogP contribution in [0.25, 0.3) is 11.0 Å². The summed E-state index contributed by atoms with van der Waals surface area (Å²) in [4.78, 5) is 24.0. The quantitative estimate of drug-likeness (QED) is 0.725. The molecule has 0 fully saturated rings. The van der Waals surface area contributed by atoms with Gasteiger partial charge in [-0.1, -0.05) is 12.1 Å². The highest BCUT2D eigenvalue weighted by molar-refractivity contribution is 5.96. The van der Waals surface area contributed by atoms with Gasteiger partial charge in [-0.25, -0.2) is 0 Å². The lowest BCUT2D eigenvalue weighted by Gasteiger charge is -2.06. The second kappa shape index (κ2) is 6.23. The molecule has 0 aliphatic heterocycles. The van der Waals surface area contributed by atoms with E-state index in [9.17, 15) is 9.59 Å². The summed E-state index contributed by atoms with van der Waals surface area (Å²) in [6, 6.07) is 5.49. The predicted octanol–water partition coefficient (Wildman–Crippen LogP) is 2.95. The Hall–Kier alpha value is -3.02. The maximum atomic E-state index is 12.1. The molecule has 0 bridgehead atoms. The minimum absolute atomic E-state index is 0.111. The third-order valence-corrected chi connectivity index (χ3v) is 4.11. The number of furan rings is 2. The van der Waals surface area contributed by atoms with Crippen LogP contribution in [0.3, 0.4) is 0 Å². The largest absolute Gasteiger partial charge is 0.469 e. The molecule has 0 atom stereocenters. The number of amides is 2. The Labute approximate surface area is 138 Å². The van der Waals surface area contributed by atoms with Gasteiger partial charge in [0.15, 0.2) is 0 Å². The zero-order valence-corrected chi connectivity index (χ0v) is 13.7. The van der Waals surface area contributed by atoms with Crippen molar-refractivity contribution in [3.05, 3.63) is 58.7 Å². The number of carbonyl (C=O) groups is 2. The average molecular weight is 326 g/mol. The summed E-state index contributed by atoms with van der Waals surface area (Å²) >= 11 is 0. The molecule has 0 saturated heterocycles. The van der Waals surface area contributed by atoms with Crippen LogP contribution in [-0.2, 0) is 11.2 Å². The van der Waals surface area contributed by atoms with Gasteiger partial charge in [-0.05, 0) is 38.0 Å². The molecule has 0 aliphatic carbocycles. The van der Waals surface area contributed by atoms with Crippen molar-refractivity contribution in [1.82, 2.24) is 10.9 Å². The normalized spacial score (nSPS) is 10.8. The van der Waals surface area contributed by atoms with Gasteiger partial charge in [0.25, 0.3) is 5.91 Å². The lowest BCUT2D eigenvalue weighted by atomic mass is 10.0. The number of hydrogen-bond donors (Lipinski definition) is 2. The standard InChI is InChI=1S/C18H18N2O4/c1-10-4-5-15-13(9-24-17(15)11(10)2)8-16(21)19-20-18(22)14-6-7-23-12(14)3/h4-7,9H,8H2,1-3H3,(H,19,21)(H,20,22). The van der Waals surface area contributed by atoms with Crippen LogP contribution in [0.4, 0.5) is 0 Å². The van der Waals surface area contributed by atoms with Crippen LogP contribution in [0.1, 0.15) is 32.8 Å². The van der Waals surface area contributed by atoms with Crippen LogP contribution in [-0.4, -0.2) is 11.8 Å². The molecule has 124 valence electrons. The Morgan fingerprint density at radius 2 is 1.83 bits per heavy atom. The van der Waals surface area contributed by atoms with E-state index in [2.05, 4.69) is 10.9 Å². The van der Waals surface area contributed by atoms with Crippen LogP contribution in [0.5, 0.6) is 0 Å². The van der Waals surface area contributed by atoms with Crippen molar-refractivity contribution in [2.75, 3.05) is 0 Å². The topological polar surface area (TPSA) is 84.5 Å². The first-order valence-electron chi connectivity index (χ1n) is 7.57. The molecule has 3 rings (SSSR count). The highest BCUT2D eigenvalue weighted by Crippen LogP contribution is 2.26. The first-order chi connectivity index (χ1) is 11.5. The lowest BCUT2D eigenvalue weighted by molar-refractivity contribution is -0.121. The van der Waals surface area contributed by atoms with Gasteiger partial charge >= 0.3 is 0 Å². The zero-order valence-electron chi connectivity index (χ0n) is 13.7. The van der Waals surface area contributed by atoms with E-state index in [-0.39, 0.29) is 12.3 Å². The van der Waals surface area contributed by atoms with Crippen LogP contribution < -0.4 is 10.9 Å². The highest BCUT2D eigenvalue weighted by atomic mass is 16.3. The Balaban J connectivity index is 1.66. The first kappa shape index (κ1) is 15.9. The molecule has 6 heteroatoms. The van der Waals surface area contributed by atoms with Crippen LogP contribution in [0.2, 0.25) is 0 Å². The molecule has 2 amide bonds. The van der Waals surface area contributed by atoms with Crippen molar-refractivity contribution < 1.29 is 18.4 Å². The number of rotatable bonds is 3. The minimum atomic E-state index is -0.418. The van der Waals surface area contributed by atoms with Gasteiger partial charge in [0.05, 0.1) is 24.5 Å². The molecule has 24 heavy (non-hydrogen) atoms. The SMILES string of the molecule is Cc1ccc2c(CC(=O)NNC(=O)c3ccoc3C)coc2c1C. The summed E-state index contributed by atoms with van der Waals surface area (Å²) < 4.78 is 10.6.